The number of para-hydroxylation sites is 2. The first-order valence-corrected chi connectivity index (χ1v) is 14.2. The molecular weight excluding hydrogens is 472 g/mol. The lowest BCUT2D eigenvalue weighted by Gasteiger charge is -2.15. The monoisotopic (exact) mass is 510 g/mol. The highest BCUT2D eigenvalue weighted by Crippen LogP contribution is 2.28. The van der Waals surface area contributed by atoms with E-state index in [-0.39, 0.29) is 0 Å². The molecule has 198 valence electrons. The molecular formula is C32H38N4O2. The van der Waals surface area contributed by atoms with Gasteiger partial charge in [0.1, 0.15) is 30.5 Å². The predicted molar refractivity (Wildman–Crippen MR) is 153 cm³/mol. The summed E-state index contributed by atoms with van der Waals surface area (Å²) in [4.78, 5) is 9.96. The standard InChI is InChI=1S/C32H38N4O2/c1-2-8-31-30(7-1)33-32(27-11-15-29(16-12-27)38-24-22-35-19-5-6-20-35)36(31)25-26-9-13-28(14-10-26)37-23-21-34-17-3-4-18-34/h1-2,7-16H,3-6,17-25H2. The van der Waals surface area contributed by atoms with Crippen LogP contribution in [0, 0.1) is 0 Å². The molecule has 0 aliphatic carbocycles. The molecule has 2 aliphatic rings. The molecule has 3 aromatic carbocycles. The molecule has 2 fully saturated rings. The molecule has 1 aromatic heterocycles. The Morgan fingerprint density at radius 1 is 0.632 bits per heavy atom. The number of benzene rings is 3. The first kappa shape index (κ1) is 25.0. The van der Waals surface area contributed by atoms with Gasteiger partial charge in [-0.05, 0) is 106 Å². The van der Waals surface area contributed by atoms with Crippen LogP contribution in [0.25, 0.3) is 22.4 Å². The number of fused-ring (bicyclic) bond motifs is 1. The van der Waals surface area contributed by atoms with E-state index in [0.29, 0.717) is 0 Å². The maximum absolute atomic E-state index is 6.03. The second-order valence-corrected chi connectivity index (χ2v) is 10.5. The summed E-state index contributed by atoms with van der Waals surface area (Å²) in [5, 5.41) is 0. The van der Waals surface area contributed by atoms with Crippen LogP contribution in [0.5, 0.6) is 11.5 Å². The Morgan fingerprint density at radius 3 is 1.79 bits per heavy atom. The van der Waals surface area contributed by atoms with E-state index in [4.69, 9.17) is 14.5 Å². The Labute approximate surface area is 225 Å². The maximum Gasteiger partial charge on any atom is 0.141 e. The summed E-state index contributed by atoms with van der Waals surface area (Å²) in [6, 6.07) is 25.3. The van der Waals surface area contributed by atoms with Gasteiger partial charge < -0.3 is 14.0 Å². The van der Waals surface area contributed by atoms with Crippen molar-refractivity contribution in [1.29, 1.82) is 0 Å². The fourth-order valence-electron chi connectivity index (χ4n) is 5.63. The number of ether oxygens (including phenoxy) is 2. The summed E-state index contributed by atoms with van der Waals surface area (Å²) in [6.45, 7) is 9.05. The lowest BCUT2D eigenvalue weighted by molar-refractivity contribution is 0.237. The SMILES string of the molecule is c1ccc2c(c1)nc(-c1ccc(OCCN3CCCC3)cc1)n2Cc1ccc(OCCN2CCCC2)cc1. The highest BCUT2D eigenvalue weighted by atomic mass is 16.5. The zero-order valence-electron chi connectivity index (χ0n) is 22.2. The van der Waals surface area contributed by atoms with Gasteiger partial charge in [0, 0.05) is 25.2 Å². The molecule has 0 N–H and O–H groups in total. The summed E-state index contributed by atoms with van der Waals surface area (Å²) in [6.07, 6.45) is 5.26. The topological polar surface area (TPSA) is 42.8 Å². The van der Waals surface area contributed by atoms with Gasteiger partial charge in [0.2, 0.25) is 0 Å². The van der Waals surface area contributed by atoms with Gasteiger partial charge in [-0.3, -0.25) is 9.80 Å². The van der Waals surface area contributed by atoms with Crippen LogP contribution >= 0.6 is 0 Å². The van der Waals surface area contributed by atoms with E-state index in [0.717, 1.165) is 66.8 Å². The molecule has 0 radical (unpaired) electrons. The van der Waals surface area contributed by atoms with Crippen LogP contribution < -0.4 is 9.47 Å². The average molecular weight is 511 g/mol. The third-order valence-corrected chi connectivity index (χ3v) is 7.78. The molecule has 0 unspecified atom stereocenters. The second kappa shape index (κ2) is 12.0. The van der Waals surface area contributed by atoms with Crippen molar-refractivity contribution in [3.05, 3.63) is 78.4 Å². The van der Waals surface area contributed by atoms with E-state index < -0.39 is 0 Å². The molecule has 38 heavy (non-hydrogen) atoms. The molecule has 6 rings (SSSR count). The van der Waals surface area contributed by atoms with Crippen molar-refractivity contribution in [2.45, 2.75) is 32.2 Å². The minimum atomic E-state index is 0.732. The van der Waals surface area contributed by atoms with Crippen molar-refractivity contribution >= 4 is 11.0 Å². The van der Waals surface area contributed by atoms with E-state index in [1.165, 1.54) is 57.4 Å². The van der Waals surface area contributed by atoms with Gasteiger partial charge in [0.15, 0.2) is 0 Å². The van der Waals surface area contributed by atoms with Crippen LogP contribution in [-0.4, -0.2) is 71.8 Å². The Hall–Kier alpha value is -3.35. The Bertz CT molecular complexity index is 1300. The minimum absolute atomic E-state index is 0.732. The molecule has 6 nitrogen and oxygen atoms in total. The Morgan fingerprint density at radius 2 is 1.18 bits per heavy atom. The smallest absolute Gasteiger partial charge is 0.141 e. The molecule has 0 spiro atoms. The number of nitrogens with zero attached hydrogens (tertiary/aromatic N) is 4. The van der Waals surface area contributed by atoms with Gasteiger partial charge in [0.25, 0.3) is 0 Å². The van der Waals surface area contributed by atoms with Crippen molar-refractivity contribution in [2.75, 3.05) is 52.5 Å². The summed E-state index contributed by atoms with van der Waals surface area (Å²) in [5.41, 5.74) is 4.47. The van der Waals surface area contributed by atoms with Gasteiger partial charge in [-0.15, -0.1) is 0 Å². The summed E-state index contributed by atoms with van der Waals surface area (Å²) in [7, 11) is 0. The van der Waals surface area contributed by atoms with E-state index in [9.17, 15) is 0 Å². The molecule has 0 atom stereocenters. The maximum atomic E-state index is 6.03. The van der Waals surface area contributed by atoms with Gasteiger partial charge in [0.05, 0.1) is 11.0 Å². The highest BCUT2D eigenvalue weighted by Gasteiger charge is 2.15. The van der Waals surface area contributed by atoms with Gasteiger partial charge >= 0.3 is 0 Å². The van der Waals surface area contributed by atoms with Crippen molar-refractivity contribution in [3.63, 3.8) is 0 Å². The molecule has 0 amide bonds. The highest BCUT2D eigenvalue weighted by molar-refractivity contribution is 5.80. The van der Waals surface area contributed by atoms with Crippen molar-refractivity contribution in [3.8, 4) is 22.9 Å². The zero-order valence-corrected chi connectivity index (χ0v) is 22.2. The first-order valence-electron chi connectivity index (χ1n) is 14.2. The number of likely N-dealkylation sites (tertiary alicyclic amines) is 2. The summed E-state index contributed by atoms with van der Waals surface area (Å²) in [5.74, 6) is 2.82. The van der Waals surface area contributed by atoms with E-state index >= 15 is 0 Å². The van der Waals surface area contributed by atoms with Crippen LogP contribution in [0.4, 0.5) is 0 Å². The lowest BCUT2D eigenvalue weighted by Crippen LogP contribution is -2.25. The minimum Gasteiger partial charge on any atom is -0.492 e. The quantitative estimate of drug-likeness (QED) is 0.259. The van der Waals surface area contributed by atoms with Crippen LogP contribution in [0.15, 0.2) is 72.8 Å². The Balaban J connectivity index is 1.13. The third kappa shape index (κ3) is 6.03. The zero-order chi connectivity index (χ0) is 25.6. The van der Waals surface area contributed by atoms with E-state index in [1.807, 2.05) is 0 Å². The number of hydrogen-bond donors (Lipinski definition) is 0. The molecule has 4 aromatic rings. The Kier molecular flexibility index (Phi) is 7.89. The van der Waals surface area contributed by atoms with E-state index in [2.05, 4.69) is 87.2 Å². The van der Waals surface area contributed by atoms with Crippen molar-refractivity contribution in [2.24, 2.45) is 0 Å². The van der Waals surface area contributed by atoms with Crippen LogP contribution in [0.1, 0.15) is 31.2 Å². The molecule has 6 heteroatoms. The third-order valence-electron chi connectivity index (χ3n) is 7.78. The normalized spacial score (nSPS) is 16.4. The fraction of sp³-hybridized carbons (Fsp3) is 0.406. The second-order valence-electron chi connectivity index (χ2n) is 10.5. The summed E-state index contributed by atoms with van der Waals surface area (Å²) >= 11 is 0. The molecule has 0 bridgehead atoms. The first-order chi connectivity index (χ1) is 18.8. The largest absolute Gasteiger partial charge is 0.492 e. The van der Waals surface area contributed by atoms with Crippen LogP contribution in [-0.2, 0) is 6.54 Å². The molecule has 0 saturated carbocycles. The average Bonchev–Trinajstić information content (AvgIpc) is 3.73. The van der Waals surface area contributed by atoms with Crippen molar-refractivity contribution < 1.29 is 9.47 Å². The number of hydrogen-bond acceptors (Lipinski definition) is 5. The van der Waals surface area contributed by atoms with Gasteiger partial charge in [-0.2, -0.15) is 0 Å². The number of aromatic nitrogens is 2. The van der Waals surface area contributed by atoms with E-state index in [1.54, 1.807) is 0 Å². The lowest BCUT2D eigenvalue weighted by atomic mass is 10.1. The molecule has 2 saturated heterocycles. The fourth-order valence-corrected chi connectivity index (χ4v) is 5.63. The number of rotatable bonds is 11. The number of imidazole rings is 1. The van der Waals surface area contributed by atoms with Gasteiger partial charge in [-0.1, -0.05) is 24.3 Å². The van der Waals surface area contributed by atoms with Crippen molar-refractivity contribution in [1.82, 2.24) is 19.4 Å². The predicted octanol–water partition coefficient (Wildman–Crippen LogP) is 5.70. The van der Waals surface area contributed by atoms with Crippen LogP contribution in [0.2, 0.25) is 0 Å². The van der Waals surface area contributed by atoms with Gasteiger partial charge in [-0.25, -0.2) is 4.98 Å². The summed E-state index contributed by atoms with van der Waals surface area (Å²) < 4.78 is 14.3. The van der Waals surface area contributed by atoms with Crippen LogP contribution in [0.3, 0.4) is 0 Å². The molecule has 2 aliphatic heterocycles. The molecule has 3 heterocycles.